The molecule has 0 saturated heterocycles. The van der Waals surface area contributed by atoms with Gasteiger partial charge in [-0.2, -0.15) is 11.8 Å². The van der Waals surface area contributed by atoms with Gasteiger partial charge < -0.3 is 31.5 Å². The molecule has 0 saturated carbocycles. The first-order valence-corrected chi connectivity index (χ1v) is 17.8. The zero-order valence-electron chi connectivity index (χ0n) is 28.8. The number of aliphatic hydroxyl groups is 1. The van der Waals surface area contributed by atoms with E-state index in [1.807, 2.05) is 64.3 Å². The van der Waals surface area contributed by atoms with E-state index in [9.17, 15) is 29.4 Å². The standard InChI is InChI=1S/C36H54N4O6S/c1-22(2)18-29(39-36(46)28(16-17-47-7)38-34(44)27-14-11-15-31(41)25(27)6)32(42)20-24(5)33(43)40-30(19-23(3)4)35(45)37-21-26-12-9-8-10-13-26/h8-15,22-24,28-30,32,41-42H,16-21H2,1-7H3,(H,37,45)(H,38,44)(H,39,46)(H,40,43)/t24?,28-,29-,30-,32-/m0/s1. The molecule has 2 aromatic rings. The quantitative estimate of drug-likeness (QED) is 0.130. The van der Waals surface area contributed by atoms with E-state index in [-0.39, 0.29) is 41.4 Å². The summed E-state index contributed by atoms with van der Waals surface area (Å²) in [5.74, 6) is -1.30. The lowest BCUT2D eigenvalue weighted by atomic mass is 9.91. The van der Waals surface area contributed by atoms with Crippen LogP contribution in [0.4, 0.5) is 0 Å². The van der Waals surface area contributed by atoms with Gasteiger partial charge in [-0.3, -0.25) is 19.2 Å². The maximum absolute atomic E-state index is 13.6. The number of phenolic OH excluding ortho intramolecular Hbond substituents is 1. The second-order valence-electron chi connectivity index (χ2n) is 13.1. The molecule has 2 rings (SSSR count). The maximum Gasteiger partial charge on any atom is 0.252 e. The molecule has 6 N–H and O–H groups in total. The summed E-state index contributed by atoms with van der Waals surface area (Å²) in [6.45, 7) is 11.6. The summed E-state index contributed by atoms with van der Waals surface area (Å²) >= 11 is 1.54. The number of benzene rings is 2. The van der Waals surface area contributed by atoms with E-state index >= 15 is 0 Å². The number of thioether (sulfide) groups is 1. The normalized spacial score (nSPS) is 14.5. The van der Waals surface area contributed by atoms with Crippen molar-refractivity contribution in [1.29, 1.82) is 0 Å². The van der Waals surface area contributed by atoms with Crippen LogP contribution in [0.15, 0.2) is 48.5 Å². The number of phenols is 1. The van der Waals surface area contributed by atoms with Crippen molar-refractivity contribution in [3.8, 4) is 5.75 Å². The van der Waals surface area contributed by atoms with Gasteiger partial charge in [-0.1, -0.05) is 71.0 Å². The van der Waals surface area contributed by atoms with Gasteiger partial charge in [0.25, 0.3) is 5.91 Å². The van der Waals surface area contributed by atoms with Crippen LogP contribution in [0.2, 0.25) is 0 Å². The zero-order chi connectivity index (χ0) is 35.1. The highest BCUT2D eigenvalue weighted by atomic mass is 32.2. The molecule has 10 nitrogen and oxygen atoms in total. The van der Waals surface area contributed by atoms with Gasteiger partial charge in [-0.05, 0) is 74.1 Å². The van der Waals surface area contributed by atoms with Crippen LogP contribution < -0.4 is 21.3 Å². The Labute approximate surface area is 284 Å². The molecular weight excluding hydrogens is 616 g/mol. The molecule has 0 aliphatic rings. The summed E-state index contributed by atoms with van der Waals surface area (Å²) in [6.07, 6.45) is 2.19. The minimum Gasteiger partial charge on any atom is -0.508 e. The Morgan fingerprint density at radius 3 is 2.04 bits per heavy atom. The van der Waals surface area contributed by atoms with Gasteiger partial charge in [0.05, 0.1) is 12.1 Å². The Bertz CT molecular complexity index is 1310. The van der Waals surface area contributed by atoms with E-state index in [0.29, 0.717) is 37.1 Å². The molecule has 0 bridgehead atoms. The molecule has 5 atom stereocenters. The van der Waals surface area contributed by atoms with Crippen LogP contribution >= 0.6 is 11.8 Å². The first-order valence-electron chi connectivity index (χ1n) is 16.4. The zero-order valence-corrected chi connectivity index (χ0v) is 29.7. The number of carbonyl (C=O) groups excluding carboxylic acids is 4. The van der Waals surface area contributed by atoms with Crippen molar-refractivity contribution in [2.45, 2.75) is 98.0 Å². The van der Waals surface area contributed by atoms with Crippen molar-refractivity contribution in [2.24, 2.45) is 17.8 Å². The average Bonchev–Trinajstić information content (AvgIpc) is 3.02. The van der Waals surface area contributed by atoms with Crippen LogP contribution in [-0.4, -0.2) is 70.1 Å². The summed E-state index contributed by atoms with van der Waals surface area (Å²) in [6, 6.07) is 11.9. The number of aromatic hydroxyl groups is 1. The minimum atomic E-state index is -1.05. The molecule has 0 spiro atoms. The predicted octanol–water partition coefficient (Wildman–Crippen LogP) is 4.32. The van der Waals surface area contributed by atoms with Gasteiger partial charge in [0, 0.05) is 23.6 Å². The smallest absolute Gasteiger partial charge is 0.252 e. The topological polar surface area (TPSA) is 157 Å². The SMILES string of the molecule is CSCC[C@H](NC(=O)c1cccc(O)c1C)C(=O)N[C@@H](CC(C)C)[C@@H](O)CC(C)C(=O)N[C@@H](CC(C)C)C(=O)NCc1ccccc1. The van der Waals surface area contributed by atoms with Gasteiger partial charge in [-0.25, -0.2) is 0 Å². The summed E-state index contributed by atoms with van der Waals surface area (Å²) in [4.78, 5) is 53.0. The fraction of sp³-hybridized carbons (Fsp3) is 0.556. The van der Waals surface area contributed by atoms with Crippen molar-refractivity contribution in [2.75, 3.05) is 12.0 Å². The highest BCUT2D eigenvalue weighted by Crippen LogP contribution is 2.20. The number of hydrogen-bond donors (Lipinski definition) is 6. The van der Waals surface area contributed by atoms with Gasteiger partial charge >= 0.3 is 0 Å². The molecule has 2 aromatic carbocycles. The number of aliphatic hydroxyl groups excluding tert-OH is 1. The highest BCUT2D eigenvalue weighted by Gasteiger charge is 2.31. The number of carbonyl (C=O) groups is 4. The van der Waals surface area contributed by atoms with E-state index in [4.69, 9.17) is 0 Å². The number of hydrogen-bond acceptors (Lipinski definition) is 7. The van der Waals surface area contributed by atoms with Gasteiger partial charge in [-0.15, -0.1) is 0 Å². The third-order valence-corrected chi connectivity index (χ3v) is 8.64. The fourth-order valence-corrected chi connectivity index (χ4v) is 5.74. The number of amides is 4. The van der Waals surface area contributed by atoms with Crippen molar-refractivity contribution in [1.82, 2.24) is 21.3 Å². The molecule has 0 aromatic heterocycles. The van der Waals surface area contributed by atoms with Crippen LogP contribution in [-0.2, 0) is 20.9 Å². The molecule has 0 heterocycles. The van der Waals surface area contributed by atoms with Crippen molar-refractivity contribution in [3.05, 3.63) is 65.2 Å². The largest absolute Gasteiger partial charge is 0.508 e. The molecule has 4 amide bonds. The maximum atomic E-state index is 13.6. The van der Waals surface area contributed by atoms with Crippen molar-refractivity contribution >= 4 is 35.4 Å². The third-order valence-electron chi connectivity index (χ3n) is 7.99. The van der Waals surface area contributed by atoms with Crippen LogP contribution in [0.25, 0.3) is 0 Å². The molecule has 0 fully saturated rings. The monoisotopic (exact) mass is 670 g/mol. The van der Waals surface area contributed by atoms with E-state index in [2.05, 4.69) is 21.3 Å². The molecule has 47 heavy (non-hydrogen) atoms. The molecule has 1 unspecified atom stereocenters. The highest BCUT2D eigenvalue weighted by molar-refractivity contribution is 7.98. The Morgan fingerprint density at radius 2 is 1.43 bits per heavy atom. The van der Waals surface area contributed by atoms with Gasteiger partial charge in [0.1, 0.15) is 17.8 Å². The van der Waals surface area contributed by atoms with Crippen LogP contribution in [0.5, 0.6) is 5.75 Å². The second-order valence-corrected chi connectivity index (χ2v) is 14.1. The molecule has 0 aliphatic carbocycles. The fourth-order valence-electron chi connectivity index (χ4n) is 5.27. The Balaban J connectivity index is 2.10. The van der Waals surface area contributed by atoms with Crippen molar-refractivity contribution < 1.29 is 29.4 Å². The Hall–Kier alpha value is -3.57. The Morgan fingerprint density at radius 1 is 0.766 bits per heavy atom. The lowest BCUT2D eigenvalue weighted by molar-refractivity contribution is -0.132. The van der Waals surface area contributed by atoms with Gasteiger partial charge in [0.2, 0.25) is 17.7 Å². The third kappa shape index (κ3) is 13.6. The van der Waals surface area contributed by atoms with Crippen molar-refractivity contribution in [3.63, 3.8) is 0 Å². The lowest BCUT2D eigenvalue weighted by Gasteiger charge is -2.30. The Kier molecular flexibility index (Phi) is 16.8. The summed E-state index contributed by atoms with van der Waals surface area (Å²) < 4.78 is 0. The van der Waals surface area contributed by atoms with Crippen LogP contribution in [0, 0.1) is 24.7 Å². The lowest BCUT2D eigenvalue weighted by Crippen LogP contribution is -2.54. The molecule has 0 radical (unpaired) electrons. The van der Waals surface area contributed by atoms with Crippen LogP contribution in [0.3, 0.4) is 0 Å². The molecule has 11 heteroatoms. The van der Waals surface area contributed by atoms with E-state index in [0.717, 1.165) is 5.56 Å². The average molecular weight is 671 g/mol. The van der Waals surface area contributed by atoms with E-state index in [1.165, 1.54) is 6.07 Å². The second kappa shape index (κ2) is 19.9. The molecule has 260 valence electrons. The van der Waals surface area contributed by atoms with Gasteiger partial charge in [0.15, 0.2) is 0 Å². The number of nitrogens with one attached hydrogen (secondary N) is 4. The number of rotatable bonds is 19. The summed E-state index contributed by atoms with van der Waals surface area (Å²) in [7, 11) is 0. The molecule has 0 aliphatic heterocycles. The predicted molar refractivity (Wildman–Crippen MR) is 188 cm³/mol. The first kappa shape index (κ1) is 39.6. The van der Waals surface area contributed by atoms with E-state index < -0.39 is 42.0 Å². The summed E-state index contributed by atoms with van der Waals surface area (Å²) in [5, 5.41) is 32.9. The van der Waals surface area contributed by atoms with E-state index in [1.54, 1.807) is 37.7 Å². The minimum absolute atomic E-state index is 0.00983. The molecular formula is C36H54N4O6S. The summed E-state index contributed by atoms with van der Waals surface area (Å²) in [5.41, 5.74) is 1.64. The van der Waals surface area contributed by atoms with Crippen LogP contribution in [0.1, 0.15) is 81.8 Å². The first-order chi connectivity index (χ1) is 22.2.